The molecule has 0 aliphatic carbocycles. The molecule has 1 fully saturated rings. The monoisotopic (exact) mass is 261 g/mol. The highest BCUT2D eigenvalue weighted by atomic mass is 16.2. The molecular formula is C15H23N3O. The lowest BCUT2D eigenvalue weighted by Gasteiger charge is -2.21. The van der Waals surface area contributed by atoms with Gasteiger partial charge in [0.15, 0.2) is 0 Å². The molecule has 0 saturated carbocycles. The van der Waals surface area contributed by atoms with Crippen LogP contribution in [0.15, 0.2) is 18.2 Å². The van der Waals surface area contributed by atoms with Crippen LogP contribution in [-0.2, 0) is 6.42 Å². The molecule has 104 valence electrons. The number of urea groups is 1. The molecule has 1 saturated heterocycles. The zero-order valence-corrected chi connectivity index (χ0v) is 12.0. The molecule has 0 radical (unpaired) electrons. The number of hydrogen-bond donors (Lipinski definition) is 1. The maximum absolute atomic E-state index is 12.4. The molecular weight excluding hydrogens is 238 g/mol. The van der Waals surface area contributed by atoms with Crippen molar-refractivity contribution in [2.45, 2.75) is 32.7 Å². The van der Waals surface area contributed by atoms with Crippen molar-refractivity contribution in [1.29, 1.82) is 0 Å². The van der Waals surface area contributed by atoms with E-state index < -0.39 is 0 Å². The van der Waals surface area contributed by atoms with Crippen LogP contribution in [0.3, 0.4) is 0 Å². The lowest BCUT2D eigenvalue weighted by atomic mass is 10.0. The number of para-hydroxylation sites is 1. The highest BCUT2D eigenvalue weighted by Crippen LogP contribution is 2.30. The zero-order chi connectivity index (χ0) is 14.0. The summed E-state index contributed by atoms with van der Waals surface area (Å²) in [6, 6.07) is 6.53. The molecule has 2 amide bonds. The smallest absolute Gasteiger partial charge is 0.324 e. The number of benzene rings is 1. The lowest BCUT2D eigenvalue weighted by Crippen LogP contribution is -2.32. The Kier molecular flexibility index (Phi) is 4.10. The molecule has 1 aliphatic rings. The molecule has 1 unspecified atom stereocenters. The van der Waals surface area contributed by atoms with Gasteiger partial charge in [-0.2, -0.15) is 0 Å². The normalized spacial score (nSPS) is 19.4. The Balaban J connectivity index is 2.35. The molecule has 19 heavy (non-hydrogen) atoms. The number of nitrogens with two attached hydrogens (primary N) is 1. The van der Waals surface area contributed by atoms with E-state index in [0.717, 1.165) is 30.6 Å². The van der Waals surface area contributed by atoms with Crippen LogP contribution in [0, 0.1) is 6.92 Å². The van der Waals surface area contributed by atoms with Gasteiger partial charge in [0.25, 0.3) is 0 Å². The Morgan fingerprint density at radius 3 is 2.79 bits per heavy atom. The summed E-state index contributed by atoms with van der Waals surface area (Å²) in [6.45, 7) is 5.55. The summed E-state index contributed by atoms with van der Waals surface area (Å²) >= 11 is 0. The number of carbonyl (C=O) groups is 1. The third-order valence-electron chi connectivity index (χ3n) is 3.95. The fourth-order valence-electron chi connectivity index (χ4n) is 2.81. The third-order valence-corrected chi connectivity index (χ3v) is 3.95. The number of likely N-dealkylation sites (N-methyl/N-ethyl adjacent to an activating group) is 1. The van der Waals surface area contributed by atoms with Crippen molar-refractivity contribution in [3.8, 4) is 0 Å². The number of hydrogen-bond acceptors (Lipinski definition) is 2. The van der Waals surface area contributed by atoms with Crippen molar-refractivity contribution in [3.63, 3.8) is 0 Å². The Morgan fingerprint density at radius 1 is 1.42 bits per heavy atom. The van der Waals surface area contributed by atoms with E-state index in [1.807, 2.05) is 16.8 Å². The fourth-order valence-corrected chi connectivity index (χ4v) is 2.81. The number of rotatable bonds is 4. The molecule has 2 N–H and O–H groups in total. The minimum absolute atomic E-state index is 0.0856. The van der Waals surface area contributed by atoms with Gasteiger partial charge in [0.2, 0.25) is 0 Å². The van der Waals surface area contributed by atoms with Gasteiger partial charge in [-0.05, 0) is 37.4 Å². The highest BCUT2D eigenvalue weighted by molar-refractivity contribution is 5.96. The Bertz CT molecular complexity index is 472. The summed E-state index contributed by atoms with van der Waals surface area (Å²) in [5.41, 5.74) is 9.11. The van der Waals surface area contributed by atoms with Crippen LogP contribution in [0.4, 0.5) is 10.5 Å². The topological polar surface area (TPSA) is 49.6 Å². The number of nitrogens with zero attached hydrogens (tertiary/aromatic N) is 2. The minimum atomic E-state index is 0.0856. The van der Waals surface area contributed by atoms with Crippen LogP contribution >= 0.6 is 0 Å². The first kappa shape index (κ1) is 13.9. The number of aryl methyl sites for hydroxylation is 2. The fraction of sp³-hybridized carbons (Fsp3) is 0.533. The van der Waals surface area contributed by atoms with Crippen LogP contribution in [0.1, 0.15) is 24.5 Å². The molecule has 2 rings (SSSR count). The van der Waals surface area contributed by atoms with Crippen molar-refractivity contribution >= 4 is 11.7 Å². The first-order chi connectivity index (χ1) is 9.10. The van der Waals surface area contributed by atoms with Gasteiger partial charge in [0, 0.05) is 13.6 Å². The summed E-state index contributed by atoms with van der Waals surface area (Å²) in [7, 11) is 1.87. The summed E-state index contributed by atoms with van der Waals surface area (Å²) in [6.07, 6.45) is 1.79. The van der Waals surface area contributed by atoms with Gasteiger partial charge in [0.1, 0.15) is 0 Å². The second-order valence-electron chi connectivity index (χ2n) is 5.17. The minimum Gasteiger partial charge on any atom is -0.330 e. The van der Waals surface area contributed by atoms with Gasteiger partial charge in [-0.25, -0.2) is 4.79 Å². The van der Waals surface area contributed by atoms with Crippen LogP contribution in [-0.4, -0.2) is 37.1 Å². The second-order valence-corrected chi connectivity index (χ2v) is 5.17. The molecule has 4 nitrogen and oxygen atoms in total. The maximum atomic E-state index is 12.4. The van der Waals surface area contributed by atoms with E-state index in [2.05, 4.69) is 32.0 Å². The summed E-state index contributed by atoms with van der Waals surface area (Å²) < 4.78 is 0. The lowest BCUT2D eigenvalue weighted by molar-refractivity contribution is 0.217. The molecule has 0 bridgehead atoms. The predicted molar refractivity (Wildman–Crippen MR) is 78.5 cm³/mol. The Morgan fingerprint density at radius 2 is 2.16 bits per heavy atom. The van der Waals surface area contributed by atoms with Gasteiger partial charge in [0.05, 0.1) is 11.7 Å². The van der Waals surface area contributed by atoms with Gasteiger partial charge in [-0.15, -0.1) is 0 Å². The Hall–Kier alpha value is -1.55. The molecule has 0 aromatic heterocycles. The quantitative estimate of drug-likeness (QED) is 0.903. The second kappa shape index (κ2) is 5.61. The molecule has 1 aliphatic heterocycles. The Labute approximate surface area is 115 Å². The SMILES string of the molecule is CCc1cccc(C)c1N1CC(CCN)N(C)C1=O. The highest BCUT2D eigenvalue weighted by Gasteiger charge is 2.36. The van der Waals surface area contributed by atoms with E-state index in [4.69, 9.17) is 5.73 Å². The van der Waals surface area contributed by atoms with E-state index in [1.165, 1.54) is 5.56 Å². The standard InChI is InChI=1S/C15H23N3O/c1-4-12-7-5-6-11(2)14(12)18-10-13(8-9-16)17(3)15(18)19/h5-7,13H,4,8-10,16H2,1-3H3. The summed E-state index contributed by atoms with van der Waals surface area (Å²) in [4.78, 5) is 16.2. The van der Waals surface area contributed by atoms with Crippen LogP contribution in [0.2, 0.25) is 0 Å². The maximum Gasteiger partial charge on any atom is 0.324 e. The van der Waals surface area contributed by atoms with Crippen LogP contribution in [0.25, 0.3) is 0 Å². The van der Waals surface area contributed by atoms with Gasteiger partial charge >= 0.3 is 6.03 Å². The van der Waals surface area contributed by atoms with Gasteiger partial charge < -0.3 is 10.6 Å². The van der Waals surface area contributed by atoms with E-state index in [-0.39, 0.29) is 12.1 Å². The first-order valence-corrected chi connectivity index (χ1v) is 6.93. The van der Waals surface area contributed by atoms with Crippen molar-refractivity contribution in [3.05, 3.63) is 29.3 Å². The van der Waals surface area contributed by atoms with E-state index in [0.29, 0.717) is 6.54 Å². The molecule has 1 atom stereocenters. The average Bonchev–Trinajstić information content (AvgIpc) is 2.67. The summed E-state index contributed by atoms with van der Waals surface area (Å²) in [5.74, 6) is 0. The largest absolute Gasteiger partial charge is 0.330 e. The van der Waals surface area contributed by atoms with Gasteiger partial charge in [-0.3, -0.25) is 4.90 Å². The van der Waals surface area contributed by atoms with Crippen molar-refractivity contribution in [1.82, 2.24) is 4.90 Å². The zero-order valence-electron chi connectivity index (χ0n) is 12.0. The predicted octanol–water partition coefficient (Wildman–Crippen LogP) is 2.15. The van der Waals surface area contributed by atoms with Gasteiger partial charge in [-0.1, -0.05) is 25.1 Å². The molecule has 1 aromatic rings. The number of anilines is 1. The van der Waals surface area contributed by atoms with Crippen molar-refractivity contribution in [2.75, 3.05) is 25.0 Å². The molecule has 4 heteroatoms. The van der Waals surface area contributed by atoms with Crippen LogP contribution in [0.5, 0.6) is 0 Å². The van der Waals surface area contributed by atoms with E-state index >= 15 is 0 Å². The van der Waals surface area contributed by atoms with E-state index in [9.17, 15) is 4.79 Å². The van der Waals surface area contributed by atoms with Crippen molar-refractivity contribution in [2.24, 2.45) is 5.73 Å². The third kappa shape index (κ3) is 2.45. The average molecular weight is 261 g/mol. The molecule has 0 spiro atoms. The van der Waals surface area contributed by atoms with Crippen LogP contribution < -0.4 is 10.6 Å². The van der Waals surface area contributed by atoms with Crippen molar-refractivity contribution < 1.29 is 4.79 Å². The first-order valence-electron chi connectivity index (χ1n) is 6.93. The number of amides is 2. The van der Waals surface area contributed by atoms with E-state index in [1.54, 1.807) is 0 Å². The molecule has 1 heterocycles. The summed E-state index contributed by atoms with van der Waals surface area (Å²) in [5, 5.41) is 0. The molecule has 1 aromatic carbocycles. The number of carbonyl (C=O) groups excluding carboxylic acids is 1.